The zero-order valence-corrected chi connectivity index (χ0v) is 18.8. The molecule has 6 heteroatoms. The number of aryl methyl sites for hydroxylation is 2. The Morgan fingerprint density at radius 3 is 2.35 bits per heavy atom. The molecule has 1 saturated heterocycles. The van der Waals surface area contributed by atoms with Gasteiger partial charge in [-0.25, -0.2) is 0 Å². The Morgan fingerprint density at radius 2 is 1.77 bits per heavy atom. The minimum absolute atomic E-state index is 0.0271. The summed E-state index contributed by atoms with van der Waals surface area (Å²) in [6.45, 7) is 5.06. The Morgan fingerprint density at radius 1 is 1.10 bits per heavy atom. The van der Waals surface area contributed by atoms with E-state index in [1.165, 1.54) is 4.90 Å². The van der Waals surface area contributed by atoms with Gasteiger partial charge in [0.25, 0.3) is 5.91 Å². The van der Waals surface area contributed by atoms with Gasteiger partial charge in [0.05, 0.1) is 33.8 Å². The van der Waals surface area contributed by atoms with Crippen molar-refractivity contribution in [2.45, 2.75) is 26.3 Å². The molecule has 2 aromatic carbocycles. The molecule has 0 bridgehead atoms. The second kappa shape index (κ2) is 9.35. The SMILES string of the molecule is COc1ccc(C([O-])=C2C(=O)C(=O)N(CCC[NH+](C)C)C2c2ccc(C)cc2)c(C)c1. The number of benzene rings is 2. The molecule has 1 atom stereocenters. The topological polar surface area (TPSA) is 74.1 Å². The van der Waals surface area contributed by atoms with Gasteiger partial charge >= 0.3 is 0 Å². The Labute approximate surface area is 183 Å². The third kappa shape index (κ3) is 4.64. The van der Waals surface area contributed by atoms with Gasteiger partial charge < -0.3 is 19.6 Å². The summed E-state index contributed by atoms with van der Waals surface area (Å²) < 4.78 is 5.23. The molecule has 0 aliphatic carbocycles. The maximum Gasteiger partial charge on any atom is 0.295 e. The van der Waals surface area contributed by atoms with Gasteiger partial charge in [0.1, 0.15) is 5.75 Å². The molecule has 1 fully saturated rings. The van der Waals surface area contributed by atoms with Gasteiger partial charge in [-0.15, -0.1) is 0 Å². The smallest absolute Gasteiger partial charge is 0.295 e. The van der Waals surface area contributed by atoms with Gasteiger partial charge in [-0.3, -0.25) is 9.59 Å². The first kappa shape index (κ1) is 22.6. The maximum atomic E-state index is 13.5. The average molecular weight is 423 g/mol. The molecule has 6 nitrogen and oxygen atoms in total. The third-order valence-corrected chi connectivity index (χ3v) is 5.68. The van der Waals surface area contributed by atoms with E-state index < -0.39 is 23.5 Å². The molecule has 1 aliphatic rings. The first-order chi connectivity index (χ1) is 14.7. The molecule has 0 saturated carbocycles. The fraction of sp³-hybridized carbons (Fsp3) is 0.360. The van der Waals surface area contributed by atoms with Crippen molar-refractivity contribution >= 4 is 17.4 Å². The lowest BCUT2D eigenvalue weighted by Gasteiger charge is -2.28. The van der Waals surface area contributed by atoms with E-state index in [1.807, 2.05) is 45.3 Å². The van der Waals surface area contributed by atoms with Gasteiger partial charge in [0.15, 0.2) is 0 Å². The molecule has 164 valence electrons. The van der Waals surface area contributed by atoms with E-state index in [0.29, 0.717) is 23.4 Å². The summed E-state index contributed by atoms with van der Waals surface area (Å²) in [5.41, 5.74) is 2.99. The highest BCUT2D eigenvalue weighted by Crippen LogP contribution is 2.39. The fourth-order valence-corrected chi connectivity index (χ4v) is 3.96. The number of carbonyl (C=O) groups is 2. The van der Waals surface area contributed by atoms with E-state index in [0.717, 1.165) is 24.1 Å². The molecule has 0 radical (unpaired) electrons. The van der Waals surface area contributed by atoms with Crippen LogP contribution in [0.5, 0.6) is 5.75 Å². The number of nitrogens with one attached hydrogen (secondary N) is 1. The highest BCUT2D eigenvalue weighted by molar-refractivity contribution is 6.46. The van der Waals surface area contributed by atoms with Crippen LogP contribution < -0.4 is 14.7 Å². The summed E-state index contributed by atoms with van der Waals surface area (Å²) in [4.78, 5) is 28.8. The Balaban J connectivity index is 2.11. The maximum absolute atomic E-state index is 13.5. The number of methoxy groups -OCH3 is 1. The molecule has 1 aliphatic heterocycles. The minimum Gasteiger partial charge on any atom is -0.872 e. The minimum atomic E-state index is -0.706. The largest absolute Gasteiger partial charge is 0.872 e. The molecular formula is C25H30N2O4. The Bertz CT molecular complexity index is 1010. The lowest BCUT2D eigenvalue weighted by atomic mass is 9.93. The summed E-state index contributed by atoms with van der Waals surface area (Å²) in [7, 11) is 5.65. The second-order valence-corrected chi connectivity index (χ2v) is 8.38. The molecule has 1 N–H and O–H groups in total. The number of hydrogen-bond donors (Lipinski definition) is 1. The zero-order valence-electron chi connectivity index (χ0n) is 18.8. The van der Waals surface area contributed by atoms with Crippen LogP contribution in [0.1, 0.15) is 34.7 Å². The van der Waals surface area contributed by atoms with E-state index in [9.17, 15) is 14.7 Å². The molecule has 31 heavy (non-hydrogen) atoms. The highest BCUT2D eigenvalue weighted by Gasteiger charge is 2.44. The van der Waals surface area contributed by atoms with Crippen LogP contribution >= 0.6 is 0 Å². The summed E-state index contributed by atoms with van der Waals surface area (Å²) >= 11 is 0. The van der Waals surface area contributed by atoms with Crippen molar-refractivity contribution in [1.29, 1.82) is 0 Å². The van der Waals surface area contributed by atoms with Gasteiger partial charge in [0, 0.05) is 18.5 Å². The van der Waals surface area contributed by atoms with Crippen LogP contribution in [0.25, 0.3) is 5.76 Å². The molecule has 0 aromatic heterocycles. The predicted octanol–water partition coefficient (Wildman–Crippen LogP) is 1.07. The molecule has 1 unspecified atom stereocenters. The van der Waals surface area contributed by atoms with E-state index in [4.69, 9.17) is 4.74 Å². The number of hydrogen-bond acceptors (Lipinski definition) is 4. The summed E-state index contributed by atoms with van der Waals surface area (Å²) in [5, 5.41) is 13.5. The van der Waals surface area contributed by atoms with Crippen LogP contribution in [0, 0.1) is 13.8 Å². The van der Waals surface area contributed by atoms with E-state index >= 15 is 0 Å². The van der Waals surface area contributed by atoms with Crippen LogP contribution in [0.3, 0.4) is 0 Å². The summed E-state index contributed by atoms with van der Waals surface area (Å²) in [6, 6.07) is 12.1. The number of nitrogens with zero attached hydrogens (tertiary/aromatic N) is 1. The highest BCUT2D eigenvalue weighted by atomic mass is 16.5. The van der Waals surface area contributed by atoms with Crippen molar-refractivity contribution in [2.24, 2.45) is 0 Å². The lowest BCUT2D eigenvalue weighted by molar-refractivity contribution is -0.858. The van der Waals surface area contributed by atoms with E-state index in [1.54, 1.807) is 37.1 Å². The van der Waals surface area contributed by atoms with Crippen LogP contribution in [-0.2, 0) is 9.59 Å². The number of likely N-dealkylation sites (tertiary alicyclic amines) is 1. The van der Waals surface area contributed by atoms with Crippen molar-refractivity contribution in [3.8, 4) is 5.75 Å². The van der Waals surface area contributed by atoms with Crippen LogP contribution in [0.4, 0.5) is 0 Å². The average Bonchev–Trinajstić information content (AvgIpc) is 2.98. The van der Waals surface area contributed by atoms with E-state index in [-0.39, 0.29) is 5.57 Å². The van der Waals surface area contributed by atoms with Crippen molar-refractivity contribution in [3.05, 3.63) is 70.3 Å². The van der Waals surface area contributed by atoms with Crippen LogP contribution in [0.15, 0.2) is 48.0 Å². The number of Topliss-reactive ketones (excluding diaryl/α,β-unsaturated/α-hetero) is 1. The first-order valence-electron chi connectivity index (χ1n) is 10.5. The molecular weight excluding hydrogens is 392 g/mol. The third-order valence-electron chi connectivity index (χ3n) is 5.68. The van der Waals surface area contributed by atoms with E-state index in [2.05, 4.69) is 0 Å². The first-order valence-corrected chi connectivity index (χ1v) is 10.5. The number of amides is 1. The number of ether oxygens (including phenoxy) is 1. The van der Waals surface area contributed by atoms with Crippen molar-refractivity contribution in [2.75, 3.05) is 34.3 Å². The fourth-order valence-electron chi connectivity index (χ4n) is 3.96. The molecule has 0 spiro atoms. The Kier molecular flexibility index (Phi) is 6.81. The number of quaternary nitrogens is 1. The number of carbonyl (C=O) groups excluding carboxylic acids is 2. The van der Waals surface area contributed by atoms with Gasteiger partial charge in [-0.1, -0.05) is 41.7 Å². The monoisotopic (exact) mass is 422 g/mol. The van der Waals surface area contributed by atoms with Crippen molar-refractivity contribution in [1.82, 2.24) is 4.90 Å². The standard InChI is InChI=1S/C25H30N2O4/c1-16-7-9-18(10-8-16)22-21(23(28)20-12-11-19(31-5)15-17(20)2)24(29)25(30)27(22)14-6-13-26(3)4/h7-12,15,22,28H,6,13-14H2,1-5H3. The number of ketones is 1. The molecule has 2 aromatic rings. The summed E-state index contributed by atoms with van der Waals surface area (Å²) in [6.07, 6.45) is 0.743. The quantitative estimate of drug-likeness (QED) is 0.412. The molecule has 1 heterocycles. The normalized spacial score (nSPS) is 18.1. The number of rotatable bonds is 7. The lowest BCUT2D eigenvalue weighted by Crippen LogP contribution is -3.05. The molecule has 1 amide bonds. The van der Waals surface area contributed by atoms with Crippen molar-refractivity contribution in [3.63, 3.8) is 0 Å². The Hall–Kier alpha value is -3.12. The van der Waals surface area contributed by atoms with Crippen LogP contribution in [-0.4, -0.2) is 50.9 Å². The molecule has 3 rings (SSSR count). The van der Waals surface area contributed by atoms with Gasteiger partial charge in [0.2, 0.25) is 5.78 Å². The van der Waals surface area contributed by atoms with Crippen molar-refractivity contribution < 1.29 is 24.3 Å². The summed E-state index contributed by atoms with van der Waals surface area (Å²) in [5.74, 6) is -1.07. The van der Waals surface area contributed by atoms with Crippen LogP contribution in [0.2, 0.25) is 0 Å². The predicted molar refractivity (Wildman–Crippen MR) is 118 cm³/mol. The van der Waals surface area contributed by atoms with Gasteiger partial charge in [-0.05, 0) is 42.7 Å². The van der Waals surface area contributed by atoms with Gasteiger partial charge in [-0.2, -0.15) is 0 Å². The zero-order chi connectivity index (χ0) is 22.7. The second-order valence-electron chi connectivity index (χ2n) is 8.38.